The Kier molecular flexibility index (Phi) is 4.80. The van der Waals surface area contributed by atoms with Gasteiger partial charge in [0.2, 0.25) is 12.7 Å². The Balaban J connectivity index is 1.64. The molecule has 2 aromatic carbocycles. The number of carboxylic acid groups (broad SMARTS) is 1. The molecule has 1 aliphatic rings. The van der Waals surface area contributed by atoms with E-state index in [2.05, 4.69) is 5.32 Å². The van der Waals surface area contributed by atoms with Crippen molar-refractivity contribution in [3.05, 3.63) is 65.7 Å². The molecule has 1 heterocycles. The predicted octanol–water partition coefficient (Wildman–Crippen LogP) is 3.17. The monoisotopic (exact) mass is 337 g/mol. The largest absolute Gasteiger partial charge is 0.478 e. The normalized spacial score (nSPS) is 12.6. The van der Waals surface area contributed by atoms with Gasteiger partial charge in [0.25, 0.3) is 0 Å². The van der Waals surface area contributed by atoms with Crippen molar-refractivity contribution < 1.29 is 24.2 Å². The summed E-state index contributed by atoms with van der Waals surface area (Å²) in [4.78, 5) is 22.6. The molecule has 1 amide bonds. The summed E-state index contributed by atoms with van der Waals surface area (Å²) in [6.45, 7) is 0.204. The molecule has 6 heteroatoms. The van der Waals surface area contributed by atoms with Gasteiger partial charge >= 0.3 is 5.97 Å². The lowest BCUT2D eigenvalue weighted by atomic mass is 10.1. The third-order valence-electron chi connectivity index (χ3n) is 3.40. The van der Waals surface area contributed by atoms with Crippen LogP contribution >= 0.6 is 0 Å². The number of ether oxygens (including phenoxy) is 2. The molecule has 0 atom stereocenters. The smallest absolute Gasteiger partial charge is 0.328 e. The minimum Gasteiger partial charge on any atom is -0.478 e. The first-order valence-corrected chi connectivity index (χ1v) is 7.50. The van der Waals surface area contributed by atoms with Crippen LogP contribution in [0.2, 0.25) is 0 Å². The van der Waals surface area contributed by atoms with E-state index in [1.54, 1.807) is 42.5 Å². The summed E-state index contributed by atoms with van der Waals surface area (Å²) in [5.74, 6) is 0.0199. The second-order valence-electron chi connectivity index (χ2n) is 5.23. The van der Waals surface area contributed by atoms with E-state index in [1.807, 2.05) is 6.07 Å². The standard InChI is InChI=1S/C19H15NO5/c21-18(8-5-14-4-7-16-17(11-14)25-12-24-16)20-15-3-1-2-13(10-15)6-9-19(22)23/h1-11H,12H2,(H,20,21)(H,22,23). The Labute approximate surface area is 144 Å². The summed E-state index contributed by atoms with van der Waals surface area (Å²) in [6, 6.07) is 12.3. The number of hydrogen-bond donors (Lipinski definition) is 2. The molecular weight excluding hydrogens is 322 g/mol. The lowest BCUT2D eigenvalue weighted by molar-refractivity contribution is -0.131. The van der Waals surface area contributed by atoms with Gasteiger partial charge in [0.15, 0.2) is 11.5 Å². The van der Waals surface area contributed by atoms with E-state index in [0.29, 0.717) is 22.7 Å². The van der Waals surface area contributed by atoms with Crippen molar-refractivity contribution >= 4 is 29.7 Å². The minimum atomic E-state index is -1.03. The molecule has 2 N–H and O–H groups in total. The number of carboxylic acids is 1. The van der Waals surface area contributed by atoms with Crippen LogP contribution < -0.4 is 14.8 Å². The van der Waals surface area contributed by atoms with E-state index >= 15 is 0 Å². The van der Waals surface area contributed by atoms with Crippen molar-refractivity contribution in [1.29, 1.82) is 0 Å². The molecule has 0 saturated carbocycles. The summed E-state index contributed by atoms with van der Waals surface area (Å²) in [6.07, 6.45) is 5.59. The van der Waals surface area contributed by atoms with Crippen molar-refractivity contribution in [1.82, 2.24) is 0 Å². The van der Waals surface area contributed by atoms with Crippen LogP contribution in [0.5, 0.6) is 11.5 Å². The molecule has 0 bridgehead atoms. The van der Waals surface area contributed by atoms with Crippen LogP contribution in [0.1, 0.15) is 11.1 Å². The number of carbonyl (C=O) groups is 2. The fourth-order valence-electron chi connectivity index (χ4n) is 2.26. The van der Waals surface area contributed by atoms with Gasteiger partial charge in [-0.1, -0.05) is 18.2 Å². The van der Waals surface area contributed by atoms with E-state index in [4.69, 9.17) is 14.6 Å². The van der Waals surface area contributed by atoms with Crippen LogP contribution in [0.3, 0.4) is 0 Å². The van der Waals surface area contributed by atoms with E-state index < -0.39 is 5.97 Å². The van der Waals surface area contributed by atoms with Crippen molar-refractivity contribution in [3.63, 3.8) is 0 Å². The number of aliphatic carboxylic acids is 1. The third-order valence-corrected chi connectivity index (χ3v) is 3.40. The topological polar surface area (TPSA) is 84.9 Å². The molecule has 126 valence electrons. The van der Waals surface area contributed by atoms with Crippen molar-refractivity contribution in [2.45, 2.75) is 0 Å². The van der Waals surface area contributed by atoms with Gasteiger partial charge in [-0.15, -0.1) is 0 Å². The molecule has 0 unspecified atom stereocenters. The number of rotatable bonds is 5. The van der Waals surface area contributed by atoms with Gasteiger partial charge in [-0.25, -0.2) is 4.79 Å². The summed E-state index contributed by atoms with van der Waals surface area (Å²) >= 11 is 0. The first kappa shape index (κ1) is 16.3. The van der Waals surface area contributed by atoms with Crippen LogP contribution in [0, 0.1) is 0 Å². The molecular formula is C19H15NO5. The Bertz CT molecular complexity index is 870. The molecule has 1 aliphatic heterocycles. The second kappa shape index (κ2) is 7.35. The second-order valence-corrected chi connectivity index (χ2v) is 5.23. The van der Waals surface area contributed by atoms with E-state index in [9.17, 15) is 9.59 Å². The maximum Gasteiger partial charge on any atom is 0.328 e. The molecule has 2 aromatic rings. The van der Waals surface area contributed by atoms with E-state index in [1.165, 1.54) is 12.2 Å². The fourth-order valence-corrected chi connectivity index (χ4v) is 2.26. The minimum absolute atomic E-state index is 0.204. The molecule has 0 fully saturated rings. The maximum absolute atomic E-state index is 12.0. The van der Waals surface area contributed by atoms with Crippen LogP contribution in [0.4, 0.5) is 5.69 Å². The van der Waals surface area contributed by atoms with E-state index in [-0.39, 0.29) is 12.7 Å². The van der Waals surface area contributed by atoms with Gasteiger partial charge in [-0.05, 0) is 47.5 Å². The van der Waals surface area contributed by atoms with Crippen molar-refractivity contribution in [3.8, 4) is 11.5 Å². The van der Waals surface area contributed by atoms with Crippen molar-refractivity contribution in [2.24, 2.45) is 0 Å². The predicted molar refractivity (Wildman–Crippen MR) is 93.3 cm³/mol. The Hall–Kier alpha value is -3.54. The van der Waals surface area contributed by atoms with E-state index in [0.717, 1.165) is 11.6 Å². The molecule has 0 aromatic heterocycles. The molecule has 25 heavy (non-hydrogen) atoms. The lowest BCUT2D eigenvalue weighted by Crippen LogP contribution is -2.07. The molecule has 0 aliphatic carbocycles. The number of amides is 1. The number of anilines is 1. The average Bonchev–Trinajstić information content (AvgIpc) is 3.06. The summed E-state index contributed by atoms with van der Waals surface area (Å²) in [5.41, 5.74) is 2.07. The SMILES string of the molecule is O=C(O)C=Cc1cccc(NC(=O)C=Cc2ccc3c(c2)OCO3)c1. The number of nitrogens with one attached hydrogen (secondary N) is 1. The van der Waals surface area contributed by atoms with Crippen LogP contribution in [-0.2, 0) is 9.59 Å². The first-order chi connectivity index (χ1) is 12.1. The quantitative estimate of drug-likeness (QED) is 0.819. The van der Waals surface area contributed by atoms with Gasteiger partial charge in [0.1, 0.15) is 0 Å². The maximum atomic E-state index is 12.0. The number of benzene rings is 2. The number of hydrogen-bond acceptors (Lipinski definition) is 4. The highest BCUT2D eigenvalue weighted by molar-refractivity contribution is 6.02. The third kappa shape index (κ3) is 4.48. The first-order valence-electron chi connectivity index (χ1n) is 7.50. The van der Waals surface area contributed by atoms with Crippen molar-refractivity contribution in [2.75, 3.05) is 12.1 Å². The number of carbonyl (C=O) groups excluding carboxylic acids is 1. The summed E-state index contributed by atoms with van der Waals surface area (Å²) in [7, 11) is 0. The summed E-state index contributed by atoms with van der Waals surface area (Å²) < 4.78 is 10.5. The molecule has 0 spiro atoms. The zero-order chi connectivity index (χ0) is 17.6. The zero-order valence-corrected chi connectivity index (χ0v) is 13.1. The van der Waals surface area contributed by atoms with Gasteiger partial charge in [0.05, 0.1) is 0 Å². The molecule has 6 nitrogen and oxygen atoms in total. The Morgan fingerprint density at radius 2 is 1.72 bits per heavy atom. The number of fused-ring (bicyclic) bond motifs is 1. The highest BCUT2D eigenvalue weighted by Crippen LogP contribution is 2.32. The molecule has 3 rings (SSSR count). The van der Waals surface area contributed by atoms with Gasteiger partial charge in [-0.2, -0.15) is 0 Å². The summed E-state index contributed by atoms with van der Waals surface area (Å²) in [5, 5.41) is 11.4. The van der Waals surface area contributed by atoms with Gasteiger partial charge < -0.3 is 19.9 Å². The molecule has 0 saturated heterocycles. The Morgan fingerprint density at radius 3 is 2.56 bits per heavy atom. The highest BCUT2D eigenvalue weighted by Gasteiger charge is 2.12. The fraction of sp³-hybridized carbons (Fsp3) is 0.0526. The van der Waals surface area contributed by atoms with Gasteiger partial charge in [0, 0.05) is 17.8 Å². The Morgan fingerprint density at radius 1 is 0.960 bits per heavy atom. The lowest BCUT2D eigenvalue weighted by Gasteiger charge is -2.03. The van der Waals surface area contributed by atoms with Crippen LogP contribution in [-0.4, -0.2) is 23.8 Å². The average molecular weight is 337 g/mol. The van der Waals surface area contributed by atoms with Gasteiger partial charge in [-0.3, -0.25) is 4.79 Å². The highest BCUT2D eigenvalue weighted by atomic mass is 16.7. The molecule has 0 radical (unpaired) electrons. The van der Waals surface area contributed by atoms with Crippen LogP contribution in [0.25, 0.3) is 12.2 Å². The zero-order valence-electron chi connectivity index (χ0n) is 13.1. The van der Waals surface area contributed by atoms with Crippen LogP contribution in [0.15, 0.2) is 54.6 Å².